The first-order valence-corrected chi connectivity index (χ1v) is 8.86. The van der Waals surface area contributed by atoms with Gasteiger partial charge in [0.15, 0.2) is 0 Å². The van der Waals surface area contributed by atoms with E-state index in [9.17, 15) is 13.2 Å². The summed E-state index contributed by atoms with van der Waals surface area (Å²) < 4.78 is 27.5. The molecule has 1 aliphatic heterocycles. The highest BCUT2D eigenvalue weighted by atomic mass is 35.7. The maximum atomic E-state index is 11.9. The van der Waals surface area contributed by atoms with E-state index in [-0.39, 0.29) is 23.7 Å². The summed E-state index contributed by atoms with van der Waals surface area (Å²) in [5, 5.41) is 0. The third-order valence-corrected chi connectivity index (χ3v) is 4.35. The fourth-order valence-electron chi connectivity index (χ4n) is 2.19. The van der Waals surface area contributed by atoms with Gasteiger partial charge in [0.1, 0.15) is 5.60 Å². The standard InChI is InChI=1S/C12H22ClNO4S/c1-9-7-14(11(15)18-12(2,3)4)6-5-10(9)8-19(13,16)17/h9-10H,5-8H2,1-4H3. The first-order chi connectivity index (χ1) is 8.48. The number of rotatable bonds is 2. The van der Waals surface area contributed by atoms with Crippen LogP contribution in [-0.2, 0) is 13.8 Å². The smallest absolute Gasteiger partial charge is 0.410 e. The number of hydrogen-bond acceptors (Lipinski definition) is 4. The largest absolute Gasteiger partial charge is 0.444 e. The summed E-state index contributed by atoms with van der Waals surface area (Å²) in [6, 6.07) is 0. The van der Waals surface area contributed by atoms with Crippen LogP contribution in [0.4, 0.5) is 4.79 Å². The Bertz CT molecular complexity index is 430. The number of likely N-dealkylation sites (tertiary alicyclic amines) is 1. The molecular weight excluding hydrogens is 290 g/mol. The number of hydrogen-bond donors (Lipinski definition) is 0. The van der Waals surface area contributed by atoms with E-state index >= 15 is 0 Å². The zero-order chi connectivity index (χ0) is 14.8. The molecule has 1 heterocycles. The first-order valence-electron chi connectivity index (χ1n) is 6.38. The molecule has 5 nitrogen and oxygen atoms in total. The molecule has 0 aliphatic carbocycles. The molecule has 1 fully saturated rings. The predicted octanol–water partition coefficient (Wildman–Crippen LogP) is 2.45. The van der Waals surface area contributed by atoms with Gasteiger partial charge in [0, 0.05) is 23.8 Å². The lowest BCUT2D eigenvalue weighted by molar-refractivity contribution is 0.0130. The van der Waals surface area contributed by atoms with Crippen LogP contribution in [0, 0.1) is 11.8 Å². The van der Waals surface area contributed by atoms with E-state index in [1.54, 1.807) is 4.90 Å². The second kappa shape index (κ2) is 5.87. The number of nitrogens with zero attached hydrogens (tertiary/aromatic N) is 1. The Hall–Kier alpha value is -0.490. The van der Waals surface area contributed by atoms with E-state index < -0.39 is 14.7 Å². The second-order valence-corrected chi connectivity index (χ2v) is 8.98. The summed E-state index contributed by atoms with van der Waals surface area (Å²) in [4.78, 5) is 13.5. The van der Waals surface area contributed by atoms with Gasteiger partial charge in [-0.25, -0.2) is 13.2 Å². The topological polar surface area (TPSA) is 63.7 Å². The van der Waals surface area contributed by atoms with Gasteiger partial charge in [-0.05, 0) is 39.0 Å². The van der Waals surface area contributed by atoms with Gasteiger partial charge in [-0.1, -0.05) is 6.92 Å². The van der Waals surface area contributed by atoms with Crippen LogP contribution in [0.5, 0.6) is 0 Å². The van der Waals surface area contributed by atoms with Gasteiger partial charge in [-0.15, -0.1) is 0 Å². The van der Waals surface area contributed by atoms with E-state index in [0.29, 0.717) is 19.5 Å². The van der Waals surface area contributed by atoms with Crippen LogP contribution in [0.25, 0.3) is 0 Å². The molecule has 7 heteroatoms. The lowest BCUT2D eigenvalue weighted by Crippen LogP contribution is -2.46. The van der Waals surface area contributed by atoms with E-state index in [4.69, 9.17) is 15.4 Å². The van der Waals surface area contributed by atoms with Crippen LogP contribution in [-0.4, -0.2) is 43.9 Å². The summed E-state index contributed by atoms with van der Waals surface area (Å²) in [5.74, 6) is 0.0636. The summed E-state index contributed by atoms with van der Waals surface area (Å²) >= 11 is 0. The fourth-order valence-corrected chi connectivity index (χ4v) is 3.68. The zero-order valence-corrected chi connectivity index (χ0v) is 13.4. The normalized spacial score (nSPS) is 25.2. The highest BCUT2D eigenvalue weighted by molar-refractivity contribution is 8.13. The Morgan fingerprint density at radius 1 is 1.42 bits per heavy atom. The molecule has 112 valence electrons. The van der Waals surface area contributed by atoms with Gasteiger partial charge in [0.05, 0.1) is 5.75 Å². The molecular formula is C12H22ClNO4S. The van der Waals surface area contributed by atoms with Crippen molar-refractivity contribution in [3.05, 3.63) is 0 Å². The van der Waals surface area contributed by atoms with Crippen LogP contribution in [0.1, 0.15) is 34.1 Å². The molecule has 0 saturated carbocycles. The van der Waals surface area contributed by atoms with E-state index in [2.05, 4.69) is 0 Å². The Morgan fingerprint density at radius 2 is 2.00 bits per heavy atom. The van der Waals surface area contributed by atoms with Crippen LogP contribution in [0.3, 0.4) is 0 Å². The van der Waals surface area contributed by atoms with Crippen molar-refractivity contribution in [2.45, 2.75) is 39.7 Å². The van der Waals surface area contributed by atoms with Crippen molar-refractivity contribution in [1.82, 2.24) is 4.90 Å². The molecule has 1 rings (SSSR count). The van der Waals surface area contributed by atoms with Crippen molar-refractivity contribution in [3.63, 3.8) is 0 Å². The Balaban J connectivity index is 2.56. The lowest BCUT2D eigenvalue weighted by Gasteiger charge is -2.37. The number of piperidine rings is 1. The first kappa shape index (κ1) is 16.6. The van der Waals surface area contributed by atoms with Gasteiger partial charge in [0.25, 0.3) is 0 Å². The van der Waals surface area contributed by atoms with Gasteiger partial charge >= 0.3 is 6.09 Å². The molecule has 0 radical (unpaired) electrons. The van der Waals surface area contributed by atoms with Crippen molar-refractivity contribution in [2.75, 3.05) is 18.8 Å². The van der Waals surface area contributed by atoms with Crippen molar-refractivity contribution in [2.24, 2.45) is 11.8 Å². The van der Waals surface area contributed by atoms with Crippen LogP contribution in [0.15, 0.2) is 0 Å². The minimum atomic E-state index is -3.49. The molecule has 0 aromatic rings. The average Bonchev–Trinajstić information content (AvgIpc) is 2.16. The molecule has 0 N–H and O–H groups in total. The maximum absolute atomic E-state index is 11.9. The van der Waals surface area contributed by atoms with E-state index in [1.165, 1.54) is 0 Å². The highest BCUT2D eigenvalue weighted by Crippen LogP contribution is 2.26. The molecule has 1 saturated heterocycles. The van der Waals surface area contributed by atoms with Gasteiger partial charge < -0.3 is 9.64 Å². The van der Waals surface area contributed by atoms with Crippen LogP contribution in [0.2, 0.25) is 0 Å². The van der Waals surface area contributed by atoms with Gasteiger partial charge in [-0.2, -0.15) is 0 Å². The zero-order valence-electron chi connectivity index (χ0n) is 11.8. The summed E-state index contributed by atoms with van der Waals surface area (Å²) in [6.07, 6.45) is 0.290. The second-order valence-electron chi connectivity index (χ2n) is 6.16. The van der Waals surface area contributed by atoms with Gasteiger partial charge in [-0.3, -0.25) is 0 Å². The minimum Gasteiger partial charge on any atom is -0.444 e. The van der Waals surface area contributed by atoms with Gasteiger partial charge in [0.2, 0.25) is 9.05 Å². The Labute approximate surface area is 119 Å². The number of carbonyl (C=O) groups is 1. The van der Waals surface area contributed by atoms with Crippen molar-refractivity contribution >= 4 is 25.8 Å². The monoisotopic (exact) mass is 311 g/mol. The SMILES string of the molecule is CC1CN(C(=O)OC(C)(C)C)CCC1CS(=O)(=O)Cl. The average molecular weight is 312 g/mol. The van der Waals surface area contributed by atoms with Crippen molar-refractivity contribution in [3.8, 4) is 0 Å². The maximum Gasteiger partial charge on any atom is 0.410 e. The Morgan fingerprint density at radius 3 is 2.42 bits per heavy atom. The molecule has 0 aromatic carbocycles. The molecule has 2 unspecified atom stereocenters. The van der Waals surface area contributed by atoms with Crippen LogP contribution >= 0.6 is 10.7 Å². The molecule has 19 heavy (non-hydrogen) atoms. The Kier molecular flexibility index (Phi) is 5.12. The quantitative estimate of drug-likeness (QED) is 0.735. The molecule has 1 aliphatic rings. The molecule has 1 amide bonds. The third-order valence-electron chi connectivity index (χ3n) is 3.15. The molecule has 2 atom stereocenters. The minimum absolute atomic E-state index is 0.00110. The van der Waals surface area contributed by atoms with Crippen molar-refractivity contribution < 1.29 is 17.9 Å². The highest BCUT2D eigenvalue weighted by Gasteiger charge is 2.33. The number of ether oxygens (including phenoxy) is 1. The lowest BCUT2D eigenvalue weighted by atomic mass is 9.89. The fraction of sp³-hybridized carbons (Fsp3) is 0.917. The van der Waals surface area contributed by atoms with E-state index in [0.717, 1.165) is 0 Å². The number of carbonyl (C=O) groups excluding carboxylic acids is 1. The third kappa shape index (κ3) is 5.99. The molecule has 0 bridgehead atoms. The summed E-state index contributed by atoms with van der Waals surface area (Å²) in [5.41, 5.74) is -0.517. The summed E-state index contributed by atoms with van der Waals surface area (Å²) in [7, 11) is 1.80. The van der Waals surface area contributed by atoms with E-state index in [1.807, 2.05) is 27.7 Å². The summed E-state index contributed by atoms with van der Waals surface area (Å²) in [6.45, 7) is 8.41. The van der Waals surface area contributed by atoms with Crippen LogP contribution < -0.4 is 0 Å². The van der Waals surface area contributed by atoms with Crippen molar-refractivity contribution in [1.29, 1.82) is 0 Å². The predicted molar refractivity (Wildman–Crippen MR) is 74.7 cm³/mol. The number of amides is 1. The number of halogens is 1. The molecule has 0 spiro atoms. The molecule has 0 aromatic heterocycles.